The molecule has 1 heterocycles. The van der Waals surface area contributed by atoms with Crippen LogP contribution in [0.15, 0.2) is 12.1 Å². The van der Waals surface area contributed by atoms with Gasteiger partial charge in [-0.25, -0.2) is 4.79 Å². The molecule has 0 aliphatic rings. The van der Waals surface area contributed by atoms with E-state index in [2.05, 4.69) is 26.8 Å². The number of nitrogens with zero attached hydrogens (tertiary/aromatic N) is 2. The first-order valence-electron chi connectivity index (χ1n) is 4.21. The number of carbonyl (C=O) groups excluding carboxylic acids is 1. The van der Waals surface area contributed by atoms with Gasteiger partial charge in [0, 0.05) is 5.92 Å². The van der Waals surface area contributed by atoms with E-state index >= 15 is 0 Å². The van der Waals surface area contributed by atoms with Crippen LogP contribution in [-0.2, 0) is 9.53 Å². The van der Waals surface area contributed by atoms with Gasteiger partial charge in [-0.05, 0) is 31.9 Å². The molecule has 0 radical (unpaired) electrons. The number of aryl methyl sites for hydroxylation is 1. The van der Waals surface area contributed by atoms with Crippen LogP contribution in [0.25, 0.3) is 0 Å². The van der Waals surface area contributed by atoms with Gasteiger partial charge in [0.05, 0.1) is 12.3 Å². The molecule has 4 nitrogen and oxygen atoms in total. The number of carbonyl (C=O) groups is 1. The Bertz CT molecular complexity index is 373. The highest BCUT2D eigenvalue weighted by Crippen LogP contribution is 1.92. The van der Waals surface area contributed by atoms with E-state index in [-0.39, 0.29) is 0 Å². The monoisotopic (exact) mass is 190 g/mol. The summed E-state index contributed by atoms with van der Waals surface area (Å²) in [6.45, 7) is 3.88. The van der Waals surface area contributed by atoms with Crippen molar-refractivity contribution in [3.05, 3.63) is 23.5 Å². The van der Waals surface area contributed by atoms with Gasteiger partial charge in [0.15, 0.2) is 0 Å². The maximum Gasteiger partial charge on any atom is 0.384 e. The smallest absolute Gasteiger partial charge is 0.384 e. The van der Waals surface area contributed by atoms with Crippen LogP contribution in [0.4, 0.5) is 0 Å². The molecule has 1 aromatic rings. The zero-order chi connectivity index (χ0) is 10.4. The summed E-state index contributed by atoms with van der Waals surface area (Å²) in [5.74, 6) is 4.32. The molecule has 0 atom stereocenters. The van der Waals surface area contributed by atoms with Gasteiger partial charge in [-0.1, -0.05) is 0 Å². The van der Waals surface area contributed by atoms with Gasteiger partial charge in [0.25, 0.3) is 0 Å². The molecule has 0 N–H and O–H groups in total. The average Bonchev–Trinajstić information content (AvgIpc) is 2.17. The molecule has 0 fully saturated rings. The van der Waals surface area contributed by atoms with Crippen molar-refractivity contribution in [1.29, 1.82) is 0 Å². The minimum absolute atomic E-state index is 0.326. The van der Waals surface area contributed by atoms with Crippen molar-refractivity contribution in [3.63, 3.8) is 0 Å². The highest BCUT2D eigenvalue weighted by atomic mass is 16.5. The standard InChI is InChI=1S/C10H10N2O2/c1-3-14-10(13)7-6-9-5-4-8(2)11-12-9/h4-5H,3H2,1-2H3. The zero-order valence-corrected chi connectivity index (χ0v) is 8.07. The summed E-state index contributed by atoms with van der Waals surface area (Å²) in [4.78, 5) is 10.8. The van der Waals surface area contributed by atoms with Crippen LogP contribution >= 0.6 is 0 Å². The van der Waals surface area contributed by atoms with E-state index in [1.807, 2.05) is 6.92 Å². The number of rotatable bonds is 1. The van der Waals surface area contributed by atoms with Crippen LogP contribution in [0.2, 0.25) is 0 Å². The fraction of sp³-hybridized carbons (Fsp3) is 0.300. The topological polar surface area (TPSA) is 52.1 Å². The summed E-state index contributed by atoms with van der Waals surface area (Å²) in [5.41, 5.74) is 1.27. The van der Waals surface area contributed by atoms with E-state index in [4.69, 9.17) is 0 Å². The van der Waals surface area contributed by atoms with Crippen LogP contribution < -0.4 is 0 Å². The van der Waals surface area contributed by atoms with E-state index in [1.165, 1.54) is 0 Å². The molecule has 0 saturated carbocycles. The van der Waals surface area contributed by atoms with Crippen LogP contribution in [-0.4, -0.2) is 22.8 Å². The summed E-state index contributed by atoms with van der Waals surface area (Å²) < 4.78 is 4.63. The number of hydrogen-bond acceptors (Lipinski definition) is 4. The van der Waals surface area contributed by atoms with Gasteiger partial charge >= 0.3 is 5.97 Å². The largest absolute Gasteiger partial charge is 0.456 e. The van der Waals surface area contributed by atoms with Crippen LogP contribution in [0.1, 0.15) is 18.3 Å². The van der Waals surface area contributed by atoms with Gasteiger partial charge in [-0.15, -0.1) is 5.10 Å². The molecule has 0 aliphatic carbocycles. The minimum Gasteiger partial charge on any atom is -0.456 e. The second-order valence-corrected chi connectivity index (χ2v) is 2.53. The predicted octanol–water partition coefficient (Wildman–Crippen LogP) is 0.700. The van der Waals surface area contributed by atoms with E-state index in [1.54, 1.807) is 19.1 Å². The molecule has 0 aromatic carbocycles. The van der Waals surface area contributed by atoms with E-state index < -0.39 is 5.97 Å². The highest BCUT2D eigenvalue weighted by molar-refractivity contribution is 5.88. The Labute approximate surface area is 82.3 Å². The quantitative estimate of drug-likeness (QED) is 0.483. The molecule has 0 amide bonds. The minimum atomic E-state index is -0.546. The normalized spacial score (nSPS) is 8.71. The van der Waals surface area contributed by atoms with Gasteiger partial charge in [0.1, 0.15) is 5.69 Å². The third-order valence-corrected chi connectivity index (χ3v) is 1.37. The molecule has 1 rings (SSSR count). The lowest BCUT2D eigenvalue weighted by atomic mass is 10.3. The fourth-order valence-corrected chi connectivity index (χ4v) is 0.748. The third kappa shape index (κ3) is 3.23. The molecule has 0 bridgehead atoms. The third-order valence-electron chi connectivity index (χ3n) is 1.37. The second-order valence-electron chi connectivity index (χ2n) is 2.53. The Morgan fingerprint density at radius 2 is 2.29 bits per heavy atom. The molecule has 72 valence electrons. The van der Waals surface area contributed by atoms with E-state index in [0.717, 1.165) is 5.69 Å². The Kier molecular flexibility index (Phi) is 3.62. The van der Waals surface area contributed by atoms with E-state index in [0.29, 0.717) is 12.3 Å². The highest BCUT2D eigenvalue weighted by Gasteiger charge is 1.93. The first-order valence-corrected chi connectivity index (χ1v) is 4.21. The Balaban J connectivity index is 2.68. The maximum atomic E-state index is 10.8. The molecule has 0 unspecified atom stereocenters. The Morgan fingerprint density at radius 1 is 1.50 bits per heavy atom. The lowest BCUT2D eigenvalue weighted by molar-refractivity contribution is -0.136. The lowest BCUT2D eigenvalue weighted by Gasteiger charge is -1.91. The van der Waals surface area contributed by atoms with Crippen LogP contribution in [0.5, 0.6) is 0 Å². The first-order chi connectivity index (χ1) is 6.72. The van der Waals surface area contributed by atoms with Gasteiger partial charge in [-0.3, -0.25) is 0 Å². The maximum absolute atomic E-state index is 10.8. The van der Waals surface area contributed by atoms with Crippen LogP contribution in [0.3, 0.4) is 0 Å². The molecular formula is C10H10N2O2. The number of hydrogen-bond donors (Lipinski definition) is 0. The molecule has 0 saturated heterocycles. The lowest BCUT2D eigenvalue weighted by Crippen LogP contribution is -2.00. The van der Waals surface area contributed by atoms with Crippen LogP contribution in [0, 0.1) is 18.8 Å². The number of aromatic nitrogens is 2. The molecule has 4 heteroatoms. The van der Waals surface area contributed by atoms with E-state index in [9.17, 15) is 4.79 Å². The summed E-state index contributed by atoms with van der Waals surface area (Å²) in [7, 11) is 0. The van der Waals surface area contributed by atoms with Crippen molar-refractivity contribution in [2.75, 3.05) is 6.61 Å². The van der Waals surface area contributed by atoms with Crippen molar-refractivity contribution < 1.29 is 9.53 Å². The van der Waals surface area contributed by atoms with Crippen molar-refractivity contribution in [3.8, 4) is 11.8 Å². The fourth-order valence-electron chi connectivity index (χ4n) is 0.748. The molecule has 14 heavy (non-hydrogen) atoms. The molecular weight excluding hydrogens is 180 g/mol. The van der Waals surface area contributed by atoms with Gasteiger partial charge in [-0.2, -0.15) is 5.10 Å². The summed E-state index contributed by atoms with van der Waals surface area (Å²) in [6.07, 6.45) is 0. The van der Waals surface area contributed by atoms with Crippen molar-refractivity contribution in [2.24, 2.45) is 0 Å². The van der Waals surface area contributed by atoms with Crippen molar-refractivity contribution in [2.45, 2.75) is 13.8 Å². The van der Waals surface area contributed by atoms with Crippen molar-refractivity contribution in [1.82, 2.24) is 10.2 Å². The molecule has 0 aliphatic heterocycles. The number of esters is 1. The zero-order valence-electron chi connectivity index (χ0n) is 8.07. The van der Waals surface area contributed by atoms with Gasteiger partial charge in [0.2, 0.25) is 0 Å². The molecule has 0 spiro atoms. The predicted molar refractivity (Wildman–Crippen MR) is 50.3 cm³/mol. The summed E-state index contributed by atoms with van der Waals surface area (Å²) in [5, 5.41) is 7.58. The van der Waals surface area contributed by atoms with Crippen molar-refractivity contribution >= 4 is 5.97 Å². The Hall–Kier alpha value is -1.89. The summed E-state index contributed by atoms with van der Waals surface area (Å²) in [6, 6.07) is 3.48. The SMILES string of the molecule is CCOC(=O)C#Cc1ccc(C)nn1. The first kappa shape index (κ1) is 10.2. The second kappa shape index (κ2) is 4.97. The summed E-state index contributed by atoms with van der Waals surface area (Å²) >= 11 is 0. The average molecular weight is 190 g/mol. The van der Waals surface area contributed by atoms with Gasteiger partial charge < -0.3 is 4.74 Å². The number of ether oxygens (including phenoxy) is 1. The molecule has 1 aromatic heterocycles. The Morgan fingerprint density at radius 3 is 2.86 bits per heavy atom.